The predicted octanol–water partition coefficient (Wildman–Crippen LogP) is 2.77. The molecule has 1 aromatic carbocycles. The number of nitrogens with two attached hydrogens (primary N) is 2. The molecule has 0 aliphatic carbocycles. The van der Waals surface area contributed by atoms with Crippen LogP contribution in [0.4, 0.5) is 0 Å². The molecular formula is C15H25ClN2O2. The van der Waals surface area contributed by atoms with E-state index < -0.39 is 0 Å². The lowest BCUT2D eigenvalue weighted by molar-refractivity contribution is 0.353. The zero-order valence-corrected chi connectivity index (χ0v) is 13.2. The third-order valence-corrected chi connectivity index (χ3v) is 4.05. The molecule has 0 radical (unpaired) electrons. The van der Waals surface area contributed by atoms with E-state index in [1.807, 2.05) is 6.07 Å². The van der Waals surface area contributed by atoms with Gasteiger partial charge in [-0.2, -0.15) is 0 Å². The maximum Gasteiger partial charge on any atom is 0.162 e. The quantitative estimate of drug-likeness (QED) is 0.774. The van der Waals surface area contributed by atoms with Crippen molar-refractivity contribution in [2.45, 2.75) is 25.7 Å². The van der Waals surface area contributed by atoms with Gasteiger partial charge in [0.2, 0.25) is 0 Å². The van der Waals surface area contributed by atoms with Crippen LogP contribution in [0.25, 0.3) is 0 Å². The van der Waals surface area contributed by atoms with Crippen LogP contribution in [-0.2, 0) is 0 Å². The van der Waals surface area contributed by atoms with Gasteiger partial charge < -0.3 is 20.9 Å². The Hall–Kier alpha value is -0.970. The van der Waals surface area contributed by atoms with Gasteiger partial charge in [0.15, 0.2) is 11.5 Å². The van der Waals surface area contributed by atoms with E-state index in [-0.39, 0.29) is 0 Å². The Balaban J connectivity index is 3.08. The fourth-order valence-electron chi connectivity index (χ4n) is 2.39. The Bertz CT molecular complexity index is 423. The van der Waals surface area contributed by atoms with Crippen LogP contribution < -0.4 is 20.9 Å². The Labute approximate surface area is 126 Å². The Morgan fingerprint density at radius 1 is 1.10 bits per heavy atom. The van der Waals surface area contributed by atoms with E-state index in [2.05, 4.69) is 6.92 Å². The second kappa shape index (κ2) is 8.35. The first-order valence-corrected chi connectivity index (χ1v) is 7.30. The van der Waals surface area contributed by atoms with Gasteiger partial charge in [-0.15, -0.1) is 0 Å². The molecule has 114 valence electrons. The fraction of sp³-hybridized carbons (Fsp3) is 0.600. The standard InChI is InChI=1S/C15H25ClN2O2/c1-4-11(5-10(8-17)9-18)12-6-14(19-2)15(20-3)7-13(12)16/h6-7,10-11H,4-5,8-9,17-18H2,1-3H3. The highest BCUT2D eigenvalue weighted by molar-refractivity contribution is 6.31. The molecule has 0 heterocycles. The van der Waals surface area contributed by atoms with Crippen LogP contribution in [0.5, 0.6) is 11.5 Å². The number of ether oxygens (including phenoxy) is 2. The molecule has 4 nitrogen and oxygen atoms in total. The second-order valence-electron chi connectivity index (χ2n) is 4.91. The van der Waals surface area contributed by atoms with Crippen LogP contribution >= 0.6 is 11.6 Å². The van der Waals surface area contributed by atoms with Gasteiger partial charge in [-0.05, 0) is 49.4 Å². The van der Waals surface area contributed by atoms with Gasteiger partial charge in [0, 0.05) is 11.1 Å². The van der Waals surface area contributed by atoms with Crippen molar-refractivity contribution in [1.82, 2.24) is 0 Å². The summed E-state index contributed by atoms with van der Waals surface area (Å²) in [6, 6.07) is 3.76. The van der Waals surface area contributed by atoms with E-state index >= 15 is 0 Å². The van der Waals surface area contributed by atoms with Crippen molar-refractivity contribution < 1.29 is 9.47 Å². The third kappa shape index (κ3) is 4.01. The topological polar surface area (TPSA) is 70.5 Å². The van der Waals surface area contributed by atoms with Crippen LogP contribution in [0.1, 0.15) is 31.2 Å². The van der Waals surface area contributed by atoms with Crippen LogP contribution in [0, 0.1) is 5.92 Å². The summed E-state index contributed by atoms with van der Waals surface area (Å²) in [5.41, 5.74) is 12.6. The third-order valence-electron chi connectivity index (χ3n) is 3.72. The number of hydrogen-bond acceptors (Lipinski definition) is 4. The highest BCUT2D eigenvalue weighted by Crippen LogP contribution is 2.39. The molecule has 0 aliphatic rings. The van der Waals surface area contributed by atoms with E-state index in [1.165, 1.54) is 0 Å². The van der Waals surface area contributed by atoms with Crippen molar-refractivity contribution in [2.75, 3.05) is 27.3 Å². The maximum absolute atomic E-state index is 6.38. The van der Waals surface area contributed by atoms with Crippen molar-refractivity contribution in [3.63, 3.8) is 0 Å². The molecule has 0 spiro atoms. The van der Waals surface area contributed by atoms with Gasteiger partial charge in [-0.25, -0.2) is 0 Å². The molecular weight excluding hydrogens is 276 g/mol. The Morgan fingerprint density at radius 2 is 1.65 bits per heavy atom. The van der Waals surface area contributed by atoms with Crippen LogP contribution in [-0.4, -0.2) is 27.3 Å². The summed E-state index contributed by atoms with van der Waals surface area (Å²) in [5.74, 6) is 1.97. The molecule has 0 saturated heterocycles. The first kappa shape index (κ1) is 17.1. The molecule has 20 heavy (non-hydrogen) atoms. The van der Waals surface area contributed by atoms with E-state index in [9.17, 15) is 0 Å². The van der Waals surface area contributed by atoms with Gasteiger partial charge in [-0.1, -0.05) is 18.5 Å². The molecule has 0 fully saturated rings. The van der Waals surface area contributed by atoms with Gasteiger partial charge in [0.25, 0.3) is 0 Å². The number of hydrogen-bond donors (Lipinski definition) is 2. The Morgan fingerprint density at radius 3 is 2.10 bits per heavy atom. The second-order valence-corrected chi connectivity index (χ2v) is 5.31. The first-order valence-electron chi connectivity index (χ1n) is 6.92. The first-order chi connectivity index (χ1) is 9.60. The van der Waals surface area contributed by atoms with E-state index in [1.54, 1.807) is 20.3 Å². The van der Waals surface area contributed by atoms with Crippen molar-refractivity contribution in [1.29, 1.82) is 0 Å². The molecule has 0 amide bonds. The van der Waals surface area contributed by atoms with Crippen LogP contribution in [0.15, 0.2) is 12.1 Å². The molecule has 0 aromatic heterocycles. The number of halogens is 1. The van der Waals surface area contributed by atoms with Crippen molar-refractivity contribution in [2.24, 2.45) is 17.4 Å². The monoisotopic (exact) mass is 300 g/mol. The smallest absolute Gasteiger partial charge is 0.162 e. The van der Waals surface area contributed by atoms with Gasteiger partial charge in [0.1, 0.15) is 0 Å². The average molecular weight is 301 g/mol. The summed E-state index contributed by atoms with van der Waals surface area (Å²) in [5, 5.41) is 0.697. The molecule has 1 aromatic rings. The summed E-state index contributed by atoms with van der Waals surface area (Å²) in [4.78, 5) is 0. The molecule has 1 atom stereocenters. The summed E-state index contributed by atoms with van der Waals surface area (Å²) in [6.07, 6.45) is 1.91. The minimum atomic E-state index is 0.309. The molecule has 1 unspecified atom stereocenters. The summed E-state index contributed by atoms with van der Waals surface area (Å²) < 4.78 is 10.6. The van der Waals surface area contributed by atoms with Crippen LogP contribution in [0.2, 0.25) is 5.02 Å². The summed E-state index contributed by atoms with van der Waals surface area (Å²) >= 11 is 6.38. The van der Waals surface area contributed by atoms with Gasteiger partial charge in [0.05, 0.1) is 14.2 Å². The van der Waals surface area contributed by atoms with Crippen molar-refractivity contribution in [3.8, 4) is 11.5 Å². The minimum absolute atomic E-state index is 0.309. The van der Waals surface area contributed by atoms with Gasteiger partial charge in [-0.3, -0.25) is 0 Å². The number of methoxy groups -OCH3 is 2. The zero-order chi connectivity index (χ0) is 15.1. The molecule has 1 rings (SSSR count). The zero-order valence-electron chi connectivity index (χ0n) is 12.5. The van der Waals surface area contributed by atoms with Crippen molar-refractivity contribution in [3.05, 3.63) is 22.7 Å². The molecule has 0 aliphatic heterocycles. The fourth-order valence-corrected chi connectivity index (χ4v) is 2.70. The largest absolute Gasteiger partial charge is 0.493 e. The van der Waals surface area contributed by atoms with E-state index in [0.29, 0.717) is 41.4 Å². The maximum atomic E-state index is 6.38. The van der Waals surface area contributed by atoms with Crippen LogP contribution in [0.3, 0.4) is 0 Å². The average Bonchev–Trinajstić information content (AvgIpc) is 2.48. The summed E-state index contributed by atoms with van der Waals surface area (Å²) in [7, 11) is 3.23. The highest BCUT2D eigenvalue weighted by Gasteiger charge is 2.20. The molecule has 5 heteroatoms. The number of benzene rings is 1. The summed E-state index contributed by atoms with van der Waals surface area (Å²) in [6.45, 7) is 3.33. The van der Waals surface area contributed by atoms with Gasteiger partial charge >= 0.3 is 0 Å². The Kier molecular flexibility index (Phi) is 7.13. The SMILES string of the molecule is CCC(CC(CN)CN)c1cc(OC)c(OC)cc1Cl. The predicted molar refractivity (Wildman–Crippen MR) is 83.8 cm³/mol. The lowest BCUT2D eigenvalue weighted by atomic mass is 9.86. The molecule has 0 saturated carbocycles. The molecule has 4 N–H and O–H groups in total. The minimum Gasteiger partial charge on any atom is -0.493 e. The highest BCUT2D eigenvalue weighted by atomic mass is 35.5. The normalized spacial score (nSPS) is 12.6. The number of rotatable bonds is 8. The lowest BCUT2D eigenvalue weighted by Gasteiger charge is -2.23. The molecule has 0 bridgehead atoms. The van der Waals surface area contributed by atoms with E-state index in [4.69, 9.17) is 32.5 Å². The van der Waals surface area contributed by atoms with Crippen molar-refractivity contribution >= 4 is 11.6 Å². The van der Waals surface area contributed by atoms with E-state index in [0.717, 1.165) is 18.4 Å². The lowest BCUT2D eigenvalue weighted by Crippen LogP contribution is -2.25.